The molecule has 0 amide bonds. The van der Waals surface area contributed by atoms with Gasteiger partial charge >= 0.3 is 0 Å². The Kier molecular flexibility index (Phi) is 5.95. The second-order valence-corrected chi connectivity index (χ2v) is 9.12. The number of rotatable bonds is 6. The van der Waals surface area contributed by atoms with Gasteiger partial charge in [-0.2, -0.15) is 0 Å². The second kappa shape index (κ2) is 8.06. The summed E-state index contributed by atoms with van der Waals surface area (Å²) in [4.78, 5) is 2.74. The van der Waals surface area contributed by atoms with Crippen LogP contribution in [0.15, 0.2) is 54.6 Å². The van der Waals surface area contributed by atoms with Gasteiger partial charge in [-0.25, -0.2) is 0 Å². The van der Waals surface area contributed by atoms with E-state index in [1.807, 2.05) is 0 Å². The molecule has 1 atom stereocenters. The number of hydrogen-bond donors (Lipinski definition) is 0. The van der Waals surface area contributed by atoms with Crippen LogP contribution in [0.3, 0.4) is 0 Å². The van der Waals surface area contributed by atoms with Gasteiger partial charge in [0.25, 0.3) is 0 Å². The Bertz CT molecular complexity index is 719. The number of para-hydroxylation sites is 1. The van der Waals surface area contributed by atoms with Gasteiger partial charge in [-0.15, -0.1) is 0 Å². The van der Waals surface area contributed by atoms with Gasteiger partial charge < -0.3 is 4.74 Å². The Morgan fingerprint density at radius 2 is 1.48 bits per heavy atom. The van der Waals surface area contributed by atoms with Gasteiger partial charge in [-0.3, -0.25) is 4.90 Å². The molecule has 27 heavy (non-hydrogen) atoms. The molecular formula is C25H35NO. The molecule has 1 saturated heterocycles. The van der Waals surface area contributed by atoms with Crippen molar-refractivity contribution in [3.63, 3.8) is 0 Å². The van der Waals surface area contributed by atoms with E-state index in [0.717, 1.165) is 18.7 Å². The van der Waals surface area contributed by atoms with Crippen molar-refractivity contribution in [2.45, 2.75) is 70.4 Å². The van der Waals surface area contributed by atoms with E-state index in [1.165, 1.54) is 30.4 Å². The van der Waals surface area contributed by atoms with Gasteiger partial charge in [0.1, 0.15) is 5.75 Å². The number of nitrogens with zero attached hydrogens (tertiary/aromatic N) is 1. The molecular weight excluding hydrogens is 330 g/mol. The summed E-state index contributed by atoms with van der Waals surface area (Å²) in [5.74, 6) is 1.33. The van der Waals surface area contributed by atoms with Crippen molar-refractivity contribution >= 4 is 0 Å². The highest BCUT2D eigenvalue weighted by Gasteiger charge is 2.41. The van der Waals surface area contributed by atoms with Crippen LogP contribution in [0.1, 0.15) is 70.4 Å². The third kappa shape index (κ3) is 4.38. The highest BCUT2D eigenvalue weighted by atomic mass is 16.5. The molecule has 1 aliphatic rings. The molecule has 2 aromatic carbocycles. The summed E-state index contributed by atoms with van der Waals surface area (Å²) in [5, 5.41) is 0. The lowest BCUT2D eigenvalue weighted by Crippen LogP contribution is -2.58. The van der Waals surface area contributed by atoms with Gasteiger partial charge in [0.05, 0.1) is 7.11 Å². The minimum absolute atomic E-state index is 0.254. The largest absolute Gasteiger partial charge is 0.496 e. The van der Waals surface area contributed by atoms with E-state index >= 15 is 0 Å². The van der Waals surface area contributed by atoms with E-state index in [4.69, 9.17) is 4.74 Å². The van der Waals surface area contributed by atoms with E-state index in [2.05, 4.69) is 87.2 Å². The lowest BCUT2D eigenvalue weighted by molar-refractivity contribution is -0.0279. The first-order valence-electron chi connectivity index (χ1n) is 10.3. The van der Waals surface area contributed by atoms with Crippen LogP contribution >= 0.6 is 0 Å². The fraction of sp³-hybridized carbons (Fsp3) is 0.520. The molecule has 1 fully saturated rings. The summed E-state index contributed by atoms with van der Waals surface area (Å²) in [6.07, 6.45) is 4.98. The monoisotopic (exact) mass is 365 g/mol. The Hall–Kier alpha value is -1.80. The Balaban J connectivity index is 1.91. The van der Waals surface area contributed by atoms with E-state index in [-0.39, 0.29) is 11.1 Å². The van der Waals surface area contributed by atoms with E-state index in [0.29, 0.717) is 5.92 Å². The van der Waals surface area contributed by atoms with Crippen LogP contribution in [-0.2, 0) is 0 Å². The average molecular weight is 366 g/mol. The maximum absolute atomic E-state index is 5.71. The smallest absolute Gasteiger partial charge is 0.122 e. The maximum atomic E-state index is 5.71. The summed E-state index contributed by atoms with van der Waals surface area (Å²) in [6, 6.07) is 19.4. The summed E-state index contributed by atoms with van der Waals surface area (Å²) >= 11 is 0. The summed E-state index contributed by atoms with van der Waals surface area (Å²) in [7, 11) is 1.78. The zero-order chi connectivity index (χ0) is 19.5. The van der Waals surface area contributed by atoms with Crippen LogP contribution in [0, 0.1) is 0 Å². The van der Waals surface area contributed by atoms with Crippen LogP contribution in [0.4, 0.5) is 0 Å². The highest BCUT2D eigenvalue weighted by Crippen LogP contribution is 2.40. The van der Waals surface area contributed by atoms with Crippen molar-refractivity contribution < 1.29 is 4.74 Å². The van der Waals surface area contributed by atoms with Crippen LogP contribution < -0.4 is 4.74 Å². The number of benzene rings is 2. The van der Waals surface area contributed by atoms with E-state index < -0.39 is 0 Å². The standard InChI is InChI=1S/C25H35NO/c1-24(2)17-11-18-25(3,4)26(24)19-16-21(20-12-7-6-8-13-20)22-14-9-10-15-23(22)27-5/h6-10,12-15,21H,11,16-19H2,1-5H3. The van der Waals surface area contributed by atoms with Crippen molar-refractivity contribution in [3.8, 4) is 5.75 Å². The van der Waals surface area contributed by atoms with Crippen LogP contribution in [0.5, 0.6) is 5.75 Å². The lowest BCUT2D eigenvalue weighted by Gasteiger charge is -2.53. The third-order valence-electron chi connectivity index (χ3n) is 6.40. The third-order valence-corrected chi connectivity index (χ3v) is 6.40. The molecule has 1 unspecified atom stereocenters. The molecule has 1 aliphatic heterocycles. The maximum Gasteiger partial charge on any atom is 0.122 e. The molecule has 1 heterocycles. The number of piperidine rings is 1. The zero-order valence-electron chi connectivity index (χ0n) is 17.7. The van der Waals surface area contributed by atoms with Crippen molar-refractivity contribution in [2.75, 3.05) is 13.7 Å². The topological polar surface area (TPSA) is 12.5 Å². The predicted molar refractivity (Wildman–Crippen MR) is 115 cm³/mol. The first-order chi connectivity index (χ1) is 12.8. The quantitative estimate of drug-likeness (QED) is 0.599. The first-order valence-corrected chi connectivity index (χ1v) is 10.3. The Morgan fingerprint density at radius 3 is 2.11 bits per heavy atom. The lowest BCUT2D eigenvalue weighted by atomic mass is 9.78. The van der Waals surface area contributed by atoms with Gasteiger partial charge in [0.2, 0.25) is 0 Å². The molecule has 146 valence electrons. The minimum atomic E-state index is 0.254. The van der Waals surface area contributed by atoms with Gasteiger partial charge in [-0.1, -0.05) is 48.5 Å². The van der Waals surface area contributed by atoms with Crippen LogP contribution in [0.2, 0.25) is 0 Å². The summed E-state index contributed by atoms with van der Waals surface area (Å²) in [6.45, 7) is 10.7. The molecule has 0 spiro atoms. The van der Waals surface area contributed by atoms with Crippen molar-refractivity contribution in [1.82, 2.24) is 4.90 Å². The molecule has 0 bridgehead atoms. The number of hydrogen-bond acceptors (Lipinski definition) is 2. The molecule has 2 heteroatoms. The summed E-state index contributed by atoms with van der Waals surface area (Å²) < 4.78 is 5.71. The Morgan fingerprint density at radius 1 is 0.889 bits per heavy atom. The zero-order valence-corrected chi connectivity index (χ0v) is 17.7. The molecule has 0 N–H and O–H groups in total. The minimum Gasteiger partial charge on any atom is -0.496 e. The molecule has 2 aromatic rings. The number of likely N-dealkylation sites (tertiary alicyclic amines) is 1. The summed E-state index contributed by atoms with van der Waals surface area (Å²) in [5.41, 5.74) is 3.17. The van der Waals surface area contributed by atoms with Crippen LogP contribution in [-0.4, -0.2) is 29.6 Å². The molecule has 2 nitrogen and oxygen atoms in total. The van der Waals surface area contributed by atoms with Crippen LogP contribution in [0.25, 0.3) is 0 Å². The molecule has 0 saturated carbocycles. The Labute approximate surface area is 165 Å². The number of methoxy groups -OCH3 is 1. The molecule has 0 aromatic heterocycles. The number of ether oxygens (including phenoxy) is 1. The van der Waals surface area contributed by atoms with E-state index in [1.54, 1.807) is 7.11 Å². The van der Waals surface area contributed by atoms with E-state index in [9.17, 15) is 0 Å². The van der Waals surface area contributed by atoms with Gasteiger partial charge in [-0.05, 0) is 65.0 Å². The average Bonchev–Trinajstić information content (AvgIpc) is 2.64. The predicted octanol–water partition coefficient (Wildman–Crippen LogP) is 6.26. The SMILES string of the molecule is COc1ccccc1C(CCN1C(C)(C)CCCC1(C)C)c1ccccc1. The molecule has 3 rings (SSSR count). The fourth-order valence-electron chi connectivity index (χ4n) is 5.05. The van der Waals surface area contributed by atoms with Crippen molar-refractivity contribution in [1.29, 1.82) is 0 Å². The fourth-order valence-corrected chi connectivity index (χ4v) is 5.05. The highest BCUT2D eigenvalue weighted by molar-refractivity contribution is 5.42. The molecule has 0 aliphatic carbocycles. The normalized spacial score (nSPS) is 20.2. The van der Waals surface area contributed by atoms with Crippen molar-refractivity contribution in [3.05, 3.63) is 65.7 Å². The first kappa shape index (κ1) is 19.9. The second-order valence-electron chi connectivity index (χ2n) is 9.12. The van der Waals surface area contributed by atoms with Gasteiger partial charge in [0, 0.05) is 29.1 Å². The van der Waals surface area contributed by atoms with Crippen molar-refractivity contribution in [2.24, 2.45) is 0 Å². The molecule has 0 radical (unpaired) electrons. The van der Waals surface area contributed by atoms with Gasteiger partial charge in [0.15, 0.2) is 0 Å².